The summed E-state index contributed by atoms with van der Waals surface area (Å²) in [4.78, 5) is 0. The van der Waals surface area contributed by atoms with Crippen LogP contribution in [-0.2, 0) is 21.5 Å². The lowest BCUT2D eigenvalue weighted by atomic mass is 10.0. The highest BCUT2D eigenvalue weighted by Gasteiger charge is 2.40. The van der Waals surface area contributed by atoms with Gasteiger partial charge in [-0.25, -0.2) is 0 Å². The molecule has 8 heteroatoms. The van der Waals surface area contributed by atoms with E-state index in [0.29, 0.717) is 39.4 Å². The first kappa shape index (κ1) is 17.2. The normalized spacial score (nSPS) is 22.7. The highest BCUT2D eigenvalue weighted by molar-refractivity contribution is 9.10. The van der Waals surface area contributed by atoms with E-state index >= 15 is 0 Å². The summed E-state index contributed by atoms with van der Waals surface area (Å²) in [5, 5.41) is 0. The molecule has 1 unspecified atom stereocenters. The molecule has 0 N–H and O–H groups in total. The van der Waals surface area contributed by atoms with Crippen molar-refractivity contribution in [1.29, 1.82) is 0 Å². The van der Waals surface area contributed by atoms with E-state index < -0.39 is 10.2 Å². The summed E-state index contributed by atoms with van der Waals surface area (Å²) in [5.41, 5.74) is 1.98. The smallest absolute Gasteiger partial charge is 0.283 e. The zero-order chi connectivity index (χ0) is 17.4. The third kappa shape index (κ3) is 3.17. The Balaban J connectivity index is 1.76. The third-order valence-corrected chi connectivity index (χ3v) is 7.30. The molecule has 1 atom stereocenters. The first-order chi connectivity index (χ1) is 12.1. The van der Waals surface area contributed by atoms with E-state index in [1.54, 1.807) is 8.61 Å². The second kappa shape index (κ2) is 6.85. The van der Waals surface area contributed by atoms with Crippen LogP contribution in [0.25, 0.3) is 0 Å². The van der Waals surface area contributed by atoms with Gasteiger partial charge in [0.1, 0.15) is 0 Å². The average molecular weight is 426 g/mol. The third-order valence-electron chi connectivity index (χ3n) is 4.77. The lowest BCUT2D eigenvalue weighted by Crippen LogP contribution is -2.52. The van der Waals surface area contributed by atoms with Crippen molar-refractivity contribution < 1.29 is 13.2 Å². The van der Waals surface area contributed by atoms with Crippen molar-refractivity contribution >= 4 is 26.1 Å². The zero-order valence-electron chi connectivity index (χ0n) is 13.7. The summed E-state index contributed by atoms with van der Waals surface area (Å²) in [7, 11) is -3.55. The molecule has 6 nitrogen and oxygen atoms in total. The van der Waals surface area contributed by atoms with E-state index in [1.165, 1.54) is 0 Å². The minimum Gasteiger partial charge on any atom is -0.379 e. The number of aromatic nitrogens is 1. The maximum absolute atomic E-state index is 13.3. The Morgan fingerprint density at radius 1 is 1.00 bits per heavy atom. The van der Waals surface area contributed by atoms with E-state index in [-0.39, 0.29) is 6.04 Å². The first-order valence-electron chi connectivity index (χ1n) is 8.32. The molecule has 2 aliphatic heterocycles. The van der Waals surface area contributed by atoms with Crippen molar-refractivity contribution in [3.05, 3.63) is 58.3 Å². The van der Waals surface area contributed by atoms with E-state index in [4.69, 9.17) is 4.74 Å². The van der Waals surface area contributed by atoms with Gasteiger partial charge in [0.05, 0.1) is 19.3 Å². The predicted molar refractivity (Wildman–Crippen MR) is 98.4 cm³/mol. The summed E-state index contributed by atoms with van der Waals surface area (Å²) >= 11 is 3.45. The van der Waals surface area contributed by atoms with Gasteiger partial charge in [-0.2, -0.15) is 17.0 Å². The molecule has 2 aromatic rings. The zero-order valence-corrected chi connectivity index (χ0v) is 16.1. The van der Waals surface area contributed by atoms with Crippen LogP contribution < -0.4 is 0 Å². The van der Waals surface area contributed by atoms with Gasteiger partial charge in [0.2, 0.25) is 0 Å². The average Bonchev–Trinajstić information content (AvgIpc) is 3.11. The highest BCUT2D eigenvalue weighted by Crippen LogP contribution is 2.35. The van der Waals surface area contributed by atoms with Crippen LogP contribution in [0.15, 0.2) is 47.1 Å². The SMILES string of the molecule is O=S(=O)(N1CCOCC1)N1CCn2cccc2C1c1ccc(Br)cc1. The fourth-order valence-electron chi connectivity index (χ4n) is 3.52. The summed E-state index contributed by atoms with van der Waals surface area (Å²) in [6.07, 6.45) is 2.01. The Morgan fingerprint density at radius 3 is 2.44 bits per heavy atom. The lowest BCUT2D eigenvalue weighted by Gasteiger charge is -2.39. The standard InChI is InChI=1S/C17H20BrN3O3S/c18-15-5-3-14(4-6-15)17-16-2-1-7-19(16)8-9-21(17)25(22,23)20-10-12-24-13-11-20/h1-7,17H,8-13H2. The van der Waals surface area contributed by atoms with Crippen molar-refractivity contribution in [1.82, 2.24) is 13.2 Å². The molecule has 0 spiro atoms. The second-order valence-corrected chi connectivity index (χ2v) is 9.01. The number of rotatable bonds is 3. The van der Waals surface area contributed by atoms with Crippen LogP contribution in [0.1, 0.15) is 17.3 Å². The van der Waals surface area contributed by atoms with Gasteiger partial charge in [-0.3, -0.25) is 0 Å². The first-order valence-corrected chi connectivity index (χ1v) is 10.5. The van der Waals surface area contributed by atoms with Crippen molar-refractivity contribution in [3.8, 4) is 0 Å². The molecule has 0 aliphatic carbocycles. The molecule has 4 rings (SSSR count). The molecule has 0 saturated carbocycles. The van der Waals surface area contributed by atoms with E-state index in [9.17, 15) is 8.42 Å². The topological polar surface area (TPSA) is 54.8 Å². The predicted octanol–water partition coefficient (Wildman–Crippen LogP) is 2.23. The number of ether oxygens (including phenoxy) is 1. The number of nitrogens with zero attached hydrogens (tertiary/aromatic N) is 3. The van der Waals surface area contributed by atoms with Crippen LogP contribution >= 0.6 is 15.9 Å². The molecule has 1 fully saturated rings. The minimum absolute atomic E-state index is 0.315. The van der Waals surface area contributed by atoms with E-state index in [2.05, 4.69) is 20.5 Å². The number of fused-ring (bicyclic) bond motifs is 1. The highest BCUT2D eigenvalue weighted by atomic mass is 79.9. The maximum atomic E-state index is 13.3. The molecule has 2 aliphatic rings. The molecular weight excluding hydrogens is 406 g/mol. The van der Waals surface area contributed by atoms with Crippen LogP contribution in [0.4, 0.5) is 0 Å². The van der Waals surface area contributed by atoms with Gasteiger partial charge in [0.15, 0.2) is 0 Å². The molecule has 0 amide bonds. The van der Waals surface area contributed by atoms with Gasteiger partial charge >= 0.3 is 0 Å². The molecule has 1 aromatic carbocycles. The van der Waals surface area contributed by atoms with Gasteiger partial charge in [-0.15, -0.1) is 0 Å². The Kier molecular flexibility index (Phi) is 4.72. The molecule has 25 heavy (non-hydrogen) atoms. The van der Waals surface area contributed by atoms with Gasteiger partial charge in [0.25, 0.3) is 10.2 Å². The monoisotopic (exact) mass is 425 g/mol. The van der Waals surface area contributed by atoms with E-state index in [1.807, 2.05) is 42.6 Å². The fourth-order valence-corrected chi connectivity index (χ4v) is 5.50. The largest absolute Gasteiger partial charge is 0.379 e. The van der Waals surface area contributed by atoms with Gasteiger partial charge in [-0.1, -0.05) is 28.1 Å². The van der Waals surface area contributed by atoms with Gasteiger partial charge < -0.3 is 9.30 Å². The van der Waals surface area contributed by atoms with Crippen molar-refractivity contribution in [2.24, 2.45) is 0 Å². The summed E-state index contributed by atoms with van der Waals surface area (Å²) < 4.78 is 38.2. The van der Waals surface area contributed by atoms with Crippen molar-refractivity contribution in [2.45, 2.75) is 12.6 Å². The van der Waals surface area contributed by atoms with Crippen molar-refractivity contribution in [2.75, 3.05) is 32.8 Å². The molecular formula is C17H20BrN3O3S. The number of hydrogen-bond donors (Lipinski definition) is 0. The minimum atomic E-state index is -3.55. The molecule has 0 radical (unpaired) electrons. The van der Waals surface area contributed by atoms with Crippen LogP contribution in [0.5, 0.6) is 0 Å². The molecule has 1 saturated heterocycles. The van der Waals surface area contributed by atoms with Gasteiger partial charge in [0, 0.05) is 42.5 Å². The number of benzene rings is 1. The molecule has 0 bridgehead atoms. The Hall–Kier alpha value is -1.19. The summed E-state index contributed by atoms with van der Waals surface area (Å²) in [6, 6.07) is 11.6. The van der Waals surface area contributed by atoms with E-state index in [0.717, 1.165) is 15.7 Å². The van der Waals surface area contributed by atoms with Crippen molar-refractivity contribution in [3.63, 3.8) is 0 Å². The lowest BCUT2D eigenvalue weighted by molar-refractivity contribution is 0.0689. The molecule has 1 aromatic heterocycles. The summed E-state index contributed by atoms with van der Waals surface area (Å²) in [6.45, 7) is 2.85. The quantitative estimate of drug-likeness (QED) is 0.757. The number of halogens is 1. The Bertz CT molecular complexity index is 844. The van der Waals surface area contributed by atoms with Crippen LogP contribution in [0, 0.1) is 0 Å². The van der Waals surface area contributed by atoms with Gasteiger partial charge in [-0.05, 0) is 29.8 Å². The Labute approximate surface area is 156 Å². The Morgan fingerprint density at radius 2 is 1.72 bits per heavy atom. The molecule has 3 heterocycles. The number of morpholine rings is 1. The maximum Gasteiger partial charge on any atom is 0.283 e. The molecule has 134 valence electrons. The second-order valence-electron chi connectivity index (χ2n) is 6.21. The summed E-state index contributed by atoms with van der Waals surface area (Å²) in [5.74, 6) is 0. The number of hydrogen-bond acceptors (Lipinski definition) is 3. The van der Waals surface area contributed by atoms with Crippen LogP contribution in [-0.4, -0.2) is 54.4 Å². The van der Waals surface area contributed by atoms with Crippen LogP contribution in [0.2, 0.25) is 0 Å². The van der Waals surface area contributed by atoms with Crippen LogP contribution in [0.3, 0.4) is 0 Å². The fraction of sp³-hybridized carbons (Fsp3) is 0.412.